The number of hydrogen-bond donors (Lipinski definition) is 2. The van der Waals surface area contributed by atoms with E-state index in [1.807, 2.05) is 12.4 Å². The third-order valence-electron chi connectivity index (χ3n) is 2.54. The van der Waals surface area contributed by atoms with E-state index in [-0.39, 0.29) is 0 Å². The summed E-state index contributed by atoms with van der Waals surface area (Å²) in [4.78, 5) is 2.35. The largest absolute Gasteiger partial charge is 0.308 e. The number of hydrogen-bond acceptors (Lipinski definition) is 3. The third-order valence-corrected chi connectivity index (χ3v) is 2.54. The van der Waals surface area contributed by atoms with Crippen LogP contribution in [0, 0.1) is 0 Å². The second-order valence-electron chi connectivity index (χ2n) is 3.74. The van der Waals surface area contributed by atoms with Crippen LogP contribution in [-0.2, 0) is 6.54 Å². The Morgan fingerprint density at radius 1 is 1.77 bits per heavy atom. The van der Waals surface area contributed by atoms with E-state index >= 15 is 0 Å². The molecule has 4 nitrogen and oxygen atoms in total. The van der Waals surface area contributed by atoms with Gasteiger partial charge in [-0.15, -0.1) is 0 Å². The Labute approximate surface area is 78.3 Å². The Kier molecular flexibility index (Phi) is 2.61. The summed E-state index contributed by atoms with van der Waals surface area (Å²) in [7, 11) is 2.17. The predicted octanol–water partition coefficient (Wildman–Crippen LogP) is 0.203. The topological polar surface area (TPSA) is 44.0 Å². The van der Waals surface area contributed by atoms with Gasteiger partial charge in [0.05, 0.1) is 6.20 Å². The molecule has 1 aromatic heterocycles. The number of rotatable bonds is 3. The highest BCUT2D eigenvalue weighted by atomic mass is 15.2. The number of aromatic amines is 1. The van der Waals surface area contributed by atoms with Gasteiger partial charge in [-0.25, -0.2) is 0 Å². The van der Waals surface area contributed by atoms with Crippen LogP contribution in [0.2, 0.25) is 0 Å². The van der Waals surface area contributed by atoms with E-state index in [0.717, 1.165) is 13.1 Å². The van der Waals surface area contributed by atoms with Crippen molar-refractivity contribution in [1.82, 2.24) is 20.4 Å². The molecule has 1 aliphatic rings. The van der Waals surface area contributed by atoms with Gasteiger partial charge >= 0.3 is 0 Å². The van der Waals surface area contributed by atoms with E-state index in [2.05, 4.69) is 27.5 Å². The summed E-state index contributed by atoms with van der Waals surface area (Å²) in [6.07, 6.45) is 5.06. The van der Waals surface area contributed by atoms with Crippen LogP contribution in [0.1, 0.15) is 12.0 Å². The van der Waals surface area contributed by atoms with Gasteiger partial charge in [0.2, 0.25) is 0 Å². The van der Waals surface area contributed by atoms with Crippen molar-refractivity contribution in [3.05, 3.63) is 18.0 Å². The minimum absolute atomic E-state index is 0.653. The van der Waals surface area contributed by atoms with Gasteiger partial charge in [0, 0.05) is 30.9 Å². The first kappa shape index (κ1) is 8.72. The molecule has 4 heteroatoms. The summed E-state index contributed by atoms with van der Waals surface area (Å²) < 4.78 is 0. The molecule has 0 aliphatic carbocycles. The summed E-state index contributed by atoms with van der Waals surface area (Å²) in [5, 5.41) is 10.2. The molecule has 0 aromatic carbocycles. The van der Waals surface area contributed by atoms with Gasteiger partial charge in [0.1, 0.15) is 0 Å². The molecular formula is C9H16N4. The van der Waals surface area contributed by atoms with Crippen LogP contribution in [0.15, 0.2) is 12.4 Å². The molecule has 0 saturated carbocycles. The first-order chi connectivity index (χ1) is 6.34. The van der Waals surface area contributed by atoms with Crippen LogP contribution in [0.5, 0.6) is 0 Å². The van der Waals surface area contributed by atoms with Gasteiger partial charge in [-0.3, -0.25) is 5.10 Å². The summed E-state index contributed by atoms with van der Waals surface area (Å²) in [6.45, 7) is 3.30. The molecule has 2 N–H and O–H groups in total. The number of nitrogens with one attached hydrogen (secondary N) is 2. The Balaban J connectivity index is 1.74. The van der Waals surface area contributed by atoms with Gasteiger partial charge in [-0.1, -0.05) is 0 Å². The number of likely N-dealkylation sites (N-methyl/N-ethyl adjacent to an activating group) is 1. The second-order valence-corrected chi connectivity index (χ2v) is 3.74. The second kappa shape index (κ2) is 3.89. The van der Waals surface area contributed by atoms with Gasteiger partial charge < -0.3 is 10.2 Å². The summed E-state index contributed by atoms with van der Waals surface area (Å²) >= 11 is 0. The third kappa shape index (κ3) is 2.29. The highest BCUT2D eigenvalue weighted by molar-refractivity contribution is 5.02. The van der Waals surface area contributed by atoms with Gasteiger partial charge in [0.25, 0.3) is 0 Å². The molecule has 1 aromatic rings. The van der Waals surface area contributed by atoms with Crippen LogP contribution in [-0.4, -0.2) is 41.3 Å². The van der Waals surface area contributed by atoms with E-state index in [1.165, 1.54) is 18.5 Å². The average Bonchev–Trinajstić information content (AvgIpc) is 2.71. The molecule has 0 amide bonds. The zero-order valence-electron chi connectivity index (χ0n) is 7.95. The van der Waals surface area contributed by atoms with Crippen molar-refractivity contribution in [2.24, 2.45) is 0 Å². The van der Waals surface area contributed by atoms with E-state index in [9.17, 15) is 0 Å². The van der Waals surface area contributed by atoms with Gasteiger partial charge in [-0.05, 0) is 20.0 Å². The fourth-order valence-electron chi connectivity index (χ4n) is 1.74. The maximum atomic E-state index is 3.91. The molecule has 72 valence electrons. The molecule has 13 heavy (non-hydrogen) atoms. The van der Waals surface area contributed by atoms with Crippen LogP contribution in [0.4, 0.5) is 0 Å². The van der Waals surface area contributed by atoms with Crippen molar-refractivity contribution in [2.45, 2.75) is 19.0 Å². The van der Waals surface area contributed by atoms with Crippen molar-refractivity contribution >= 4 is 0 Å². The highest BCUT2D eigenvalue weighted by Crippen LogP contribution is 2.06. The molecule has 1 atom stereocenters. The van der Waals surface area contributed by atoms with Crippen LogP contribution in [0.25, 0.3) is 0 Å². The van der Waals surface area contributed by atoms with Crippen molar-refractivity contribution in [2.75, 3.05) is 20.1 Å². The Morgan fingerprint density at radius 3 is 3.31 bits per heavy atom. The lowest BCUT2D eigenvalue weighted by Crippen LogP contribution is -2.30. The van der Waals surface area contributed by atoms with E-state index in [1.54, 1.807) is 0 Å². The van der Waals surface area contributed by atoms with Crippen LogP contribution < -0.4 is 5.32 Å². The quantitative estimate of drug-likeness (QED) is 0.698. The molecule has 1 fully saturated rings. The minimum atomic E-state index is 0.653. The van der Waals surface area contributed by atoms with Gasteiger partial charge in [0.15, 0.2) is 0 Å². The first-order valence-corrected chi connectivity index (χ1v) is 4.74. The van der Waals surface area contributed by atoms with Crippen molar-refractivity contribution in [1.29, 1.82) is 0 Å². The number of likely N-dealkylation sites (tertiary alicyclic amines) is 1. The molecule has 1 aliphatic heterocycles. The molecule has 2 rings (SSSR count). The van der Waals surface area contributed by atoms with Crippen LogP contribution >= 0.6 is 0 Å². The molecule has 1 saturated heterocycles. The zero-order valence-corrected chi connectivity index (χ0v) is 7.95. The monoisotopic (exact) mass is 180 g/mol. The number of aromatic nitrogens is 2. The highest BCUT2D eigenvalue weighted by Gasteiger charge is 2.18. The molecule has 1 unspecified atom stereocenters. The summed E-state index contributed by atoms with van der Waals surface area (Å²) in [5.74, 6) is 0. The van der Waals surface area contributed by atoms with Crippen LogP contribution in [0.3, 0.4) is 0 Å². The van der Waals surface area contributed by atoms with Crippen molar-refractivity contribution in [3.8, 4) is 0 Å². The zero-order chi connectivity index (χ0) is 9.10. The summed E-state index contributed by atoms with van der Waals surface area (Å²) in [5.41, 5.74) is 1.23. The maximum Gasteiger partial charge on any atom is 0.0532 e. The fourth-order valence-corrected chi connectivity index (χ4v) is 1.74. The van der Waals surface area contributed by atoms with E-state index in [4.69, 9.17) is 0 Å². The fraction of sp³-hybridized carbons (Fsp3) is 0.667. The van der Waals surface area contributed by atoms with E-state index < -0.39 is 0 Å². The Morgan fingerprint density at radius 2 is 2.69 bits per heavy atom. The SMILES string of the molecule is CN1CCC(NCc2cn[nH]c2)C1. The normalized spacial score (nSPS) is 23.9. The number of nitrogens with zero attached hydrogens (tertiary/aromatic N) is 2. The smallest absolute Gasteiger partial charge is 0.0532 e. The summed E-state index contributed by atoms with van der Waals surface area (Å²) in [6, 6.07) is 0.653. The standard InChI is InChI=1S/C9H16N4/c1-13-3-2-9(7-13)10-4-8-5-11-12-6-8/h5-6,9-10H,2-4,7H2,1H3,(H,11,12). The molecule has 0 spiro atoms. The minimum Gasteiger partial charge on any atom is -0.308 e. The van der Waals surface area contributed by atoms with E-state index in [0.29, 0.717) is 6.04 Å². The van der Waals surface area contributed by atoms with Gasteiger partial charge in [-0.2, -0.15) is 5.10 Å². The van der Waals surface area contributed by atoms with Crippen molar-refractivity contribution in [3.63, 3.8) is 0 Å². The maximum absolute atomic E-state index is 3.91. The molecule has 0 bridgehead atoms. The molecular weight excluding hydrogens is 164 g/mol. The molecule has 2 heterocycles. The van der Waals surface area contributed by atoms with Crippen molar-refractivity contribution < 1.29 is 0 Å². The lowest BCUT2D eigenvalue weighted by molar-refractivity contribution is 0.397. The predicted molar refractivity (Wildman–Crippen MR) is 51.3 cm³/mol. The molecule has 0 radical (unpaired) electrons. The lowest BCUT2D eigenvalue weighted by atomic mass is 10.2. The lowest BCUT2D eigenvalue weighted by Gasteiger charge is -2.11. The Hall–Kier alpha value is -0.870. The Bertz CT molecular complexity index is 244. The average molecular weight is 180 g/mol. The number of H-pyrrole nitrogens is 1. The first-order valence-electron chi connectivity index (χ1n) is 4.74.